The van der Waals surface area contributed by atoms with Crippen molar-refractivity contribution >= 4 is 23.6 Å². The summed E-state index contributed by atoms with van der Waals surface area (Å²) >= 11 is 0. The van der Waals surface area contributed by atoms with Gasteiger partial charge < -0.3 is 25.0 Å². The number of nitrogens with zero attached hydrogens (tertiary/aromatic N) is 3. The zero-order valence-electron chi connectivity index (χ0n) is 35.6. The van der Waals surface area contributed by atoms with Gasteiger partial charge in [0.25, 0.3) is 5.91 Å². The van der Waals surface area contributed by atoms with Crippen LogP contribution in [0, 0.1) is 28.6 Å². The monoisotopic (exact) mass is 779 g/mol. The summed E-state index contributed by atoms with van der Waals surface area (Å²) in [6, 6.07) is 18.4. The minimum absolute atomic E-state index is 0.00291. The molecule has 2 N–H and O–H groups in total. The fraction of sp³-hybridized carbons (Fsp3) is 0.596. The quantitative estimate of drug-likeness (QED) is 0.171. The Labute approximate surface area is 339 Å². The van der Waals surface area contributed by atoms with E-state index in [4.69, 9.17) is 4.52 Å². The van der Waals surface area contributed by atoms with Gasteiger partial charge in [0.05, 0.1) is 0 Å². The second-order valence-corrected chi connectivity index (χ2v) is 19.7. The van der Waals surface area contributed by atoms with Crippen molar-refractivity contribution in [2.75, 3.05) is 13.1 Å². The Morgan fingerprint density at radius 3 is 2.14 bits per heavy atom. The number of hydrogen-bond donors (Lipinski definition) is 2. The van der Waals surface area contributed by atoms with E-state index in [0.717, 1.165) is 31.2 Å². The van der Waals surface area contributed by atoms with Crippen LogP contribution in [0.5, 0.6) is 0 Å². The van der Waals surface area contributed by atoms with Crippen LogP contribution in [0.4, 0.5) is 0 Å². The van der Waals surface area contributed by atoms with Gasteiger partial charge in [-0.2, -0.15) is 0 Å². The average Bonchev–Trinajstić information content (AvgIpc) is 3.79. The molecule has 3 aliphatic rings. The number of piperazine rings is 2. The predicted octanol–water partition coefficient (Wildman–Crippen LogP) is 8.03. The van der Waals surface area contributed by atoms with E-state index >= 15 is 0 Å². The van der Waals surface area contributed by atoms with E-state index in [0.29, 0.717) is 38.1 Å². The lowest BCUT2D eigenvalue weighted by molar-refractivity contribution is -0.147. The van der Waals surface area contributed by atoms with Crippen molar-refractivity contribution in [2.24, 2.45) is 28.6 Å². The molecule has 1 unspecified atom stereocenters. The van der Waals surface area contributed by atoms with Gasteiger partial charge >= 0.3 is 0 Å². The zero-order chi connectivity index (χ0) is 41.2. The van der Waals surface area contributed by atoms with E-state index in [1.807, 2.05) is 47.4 Å². The van der Waals surface area contributed by atoms with Gasteiger partial charge in [0, 0.05) is 42.7 Å². The first kappa shape index (κ1) is 42.1. The molecule has 0 spiro atoms. The summed E-state index contributed by atoms with van der Waals surface area (Å²) < 4.78 is 5.64. The van der Waals surface area contributed by atoms with Crippen molar-refractivity contribution in [1.29, 1.82) is 0 Å². The highest BCUT2D eigenvalue weighted by atomic mass is 16.5. The fourth-order valence-electron chi connectivity index (χ4n) is 9.47. The average molecular weight is 780 g/mol. The molecule has 3 fully saturated rings. The second-order valence-electron chi connectivity index (χ2n) is 19.7. The first-order valence-electron chi connectivity index (χ1n) is 21.2. The summed E-state index contributed by atoms with van der Waals surface area (Å²) in [6.07, 6.45) is 5.05. The molecule has 2 saturated heterocycles. The van der Waals surface area contributed by atoms with Crippen LogP contribution in [0.15, 0.2) is 65.2 Å². The van der Waals surface area contributed by atoms with Gasteiger partial charge in [0.2, 0.25) is 17.7 Å². The van der Waals surface area contributed by atoms with Crippen molar-refractivity contribution in [2.45, 2.75) is 137 Å². The highest BCUT2D eigenvalue weighted by molar-refractivity contribution is 5.97. The van der Waals surface area contributed by atoms with Crippen molar-refractivity contribution < 1.29 is 23.7 Å². The maximum absolute atomic E-state index is 14.3. The summed E-state index contributed by atoms with van der Waals surface area (Å²) in [7, 11) is 0. The molecule has 1 saturated carbocycles. The molecule has 2 aromatic carbocycles. The Balaban J connectivity index is 1.13. The Hall–Kier alpha value is -4.47. The molecular formula is C47H65N5O5. The van der Waals surface area contributed by atoms with Gasteiger partial charge in [-0.05, 0) is 84.7 Å². The number of carbonyl (C=O) groups excluding carboxylic acids is 4. The Morgan fingerprint density at radius 2 is 1.49 bits per heavy atom. The van der Waals surface area contributed by atoms with Gasteiger partial charge in [-0.15, -0.1) is 0 Å². The highest BCUT2D eigenvalue weighted by Crippen LogP contribution is 2.49. The Bertz CT molecular complexity index is 1880. The van der Waals surface area contributed by atoms with Crippen LogP contribution in [-0.2, 0) is 20.8 Å². The summed E-state index contributed by atoms with van der Waals surface area (Å²) in [6.45, 7) is 20.1. The van der Waals surface area contributed by atoms with E-state index in [2.05, 4.69) is 90.2 Å². The van der Waals surface area contributed by atoms with E-state index in [9.17, 15) is 19.2 Å². The molecule has 10 nitrogen and oxygen atoms in total. The molecule has 0 bridgehead atoms. The van der Waals surface area contributed by atoms with Crippen LogP contribution in [0.2, 0.25) is 0 Å². The van der Waals surface area contributed by atoms with Gasteiger partial charge in [-0.3, -0.25) is 19.2 Å². The molecule has 4 amide bonds. The lowest BCUT2D eigenvalue weighted by Crippen LogP contribution is -2.63. The molecule has 308 valence electrons. The van der Waals surface area contributed by atoms with E-state index in [-0.39, 0.29) is 75.9 Å². The molecule has 7 atom stereocenters. The third-order valence-electron chi connectivity index (χ3n) is 12.0. The molecule has 2 aliphatic heterocycles. The summed E-state index contributed by atoms with van der Waals surface area (Å²) in [5, 5.41) is 10.7. The first-order valence-corrected chi connectivity index (χ1v) is 21.2. The molecule has 1 aromatic heterocycles. The molecular weight excluding hydrogens is 715 g/mol. The SMILES string of the molecule is CCc1ccc(-c2cc(C(=O)N3C[C@H](CC(C)CC(C)(C)C[C@H]4C(=O)N[C@@H](CC(C)(C)C)CN4C(=O)[C@@H]4C[C@H]4c4ccccc4)NC(=O)[C@@H]3CC(C)C)no2)cc1. The summed E-state index contributed by atoms with van der Waals surface area (Å²) in [5.41, 5.74) is 3.14. The van der Waals surface area contributed by atoms with Gasteiger partial charge in [0.15, 0.2) is 11.5 Å². The van der Waals surface area contributed by atoms with E-state index < -0.39 is 12.1 Å². The summed E-state index contributed by atoms with van der Waals surface area (Å²) in [5.74, 6) is 0.528. The second kappa shape index (κ2) is 17.2. The highest BCUT2D eigenvalue weighted by Gasteiger charge is 2.50. The molecule has 57 heavy (non-hydrogen) atoms. The number of amides is 4. The Morgan fingerprint density at radius 1 is 0.842 bits per heavy atom. The minimum atomic E-state index is -0.604. The maximum Gasteiger partial charge on any atom is 0.276 e. The lowest BCUT2D eigenvalue weighted by Gasteiger charge is -2.44. The zero-order valence-corrected chi connectivity index (χ0v) is 35.6. The van der Waals surface area contributed by atoms with Crippen LogP contribution in [0.3, 0.4) is 0 Å². The molecule has 0 radical (unpaired) electrons. The van der Waals surface area contributed by atoms with Crippen LogP contribution in [0.25, 0.3) is 11.3 Å². The number of carbonyl (C=O) groups is 4. The predicted molar refractivity (Wildman–Crippen MR) is 223 cm³/mol. The first-order chi connectivity index (χ1) is 26.9. The molecule has 6 rings (SSSR count). The van der Waals surface area contributed by atoms with Crippen molar-refractivity contribution in [1.82, 2.24) is 25.6 Å². The number of aryl methyl sites for hydroxylation is 1. The standard InChI is InChI=1S/C47H65N5O5/c1-10-31-16-18-33(19-17-31)41-23-38(50-57-41)45(56)51-27-34(48-42(53)39(51)20-29(2)3)21-30(4)24-47(8,9)26-40-43(54)49-35(25-46(5,6)7)28-52(40)44(55)37-22-36(37)32-14-12-11-13-15-32/h11-19,23,29-30,34-37,39-40H,10,20-22,24-28H2,1-9H3,(H,48,53)(H,49,54)/t30?,34-,35-,36-,37+,39-,40-/m0/s1. The van der Waals surface area contributed by atoms with Gasteiger partial charge in [-0.1, -0.05) is 122 Å². The lowest BCUT2D eigenvalue weighted by atomic mass is 9.75. The minimum Gasteiger partial charge on any atom is -0.355 e. The normalized spacial score (nSPS) is 24.6. The van der Waals surface area contributed by atoms with Crippen LogP contribution >= 0.6 is 0 Å². The van der Waals surface area contributed by atoms with Gasteiger partial charge in [0.1, 0.15) is 12.1 Å². The van der Waals surface area contributed by atoms with Crippen LogP contribution in [-0.4, -0.2) is 75.8 Å². The van der Waals surface area contributed by atoms with E-state index in [1.165, 1.54) is 11.1 Å². The van der Waals surface area contributed by atoms with Gasteiger partial charge in [-0.25, -0.2) is 0 Å². The topological polar surface area (TPSA) is 125 Å². The number of benzene rings is 2. The summed E-state index contributed by atoms with van der Waals surface area (Å²) in [4.78, 5) is 59.6. The number of aromatic nitrogens is 1. The maximum atomic E-state index is 14.3. The van der Waals surface area contributed by atoms with E-state index in [1.54, 1.807) is 11.0 Å². The molecule has 3 heterocycles. The number of hydrogen-bond acceptors (Lipinski definition) is 6. The smallest absolute Gasteiger partial charge is 0.276 e. The van der Waals surface area contributed by atoms with Crippen LogP contribution < -0.4 is 10.6 Å². The van der Waals surface area contributed by atoms with Crippen molar-refractivity contribution in [3.8, 4) is 11.3 Å². The molecule has 3 aromatic rings. The largest absolute Gasteiger partial charge is 0.355 e. The van der Waals surface area contributed by atoms with Crippen molar-refractivity contribution in [3.05, 3.63) is 77.5 Å². The molecule has 1 aliphatic carbocycles. The fourth-order valence-corrected chi connectivity index (χ4v) is 9.47. The Kier molecular flexibility index (Phi) is 12.7. The van der Waals surface area contributed by atoms with Crippen LogP contribution in [0.1, 0.15) is 128 Å². The van der Waals surface area contributed by atoms with Crippen molar-refractivity contribution in [3.63, 3.8) is 0 Å². The number of nitrogens with one attached hydrogen (secondary N) is 2. The number of rotatable bonds is 14. The molecule has 10 heteroatoms. The third kappa shape index (κ3) is 10.5. The third-order valence-corrected chi connectivity index (χ3v) is 12.0.